The predicted molar refractivity (Wildman–Crippen MR) is 78.7 cm³/mol. The third-order valence-corrected chi connectivity index (χ3v) is 4.63. The summed E-state index contributed by atoms with van der Waals surface area (Å²) in [7, 11) is 0. The van der Waals surface area contributed by atoms with E-state index in [1.54, 1.807) is 0 Å². The Kier molecular flexibility index (Phi) is 4.82. The number of nitrogens with two attached hydrogens (primary N) is 1. The van der Waals surface area contributed by atoms with E-state index in [2.05, 4.69) is 37.3 Å². The van der Waals surface area contributed by atoms with Crippen LogP contribution >= 0.6 is 0 Å². The fourth-order valence-electron chi connectivity index (χ4n) is 3.55. The van der Waals surface area contributed by atoms with E-state index in [-0.39, 0.29) is 5.41 Å². The molecule has 18 heavy (non-hydrogen) atoms. The number of rotatable bonds is 5. The van der Waals surface area contributed by atoms with Crippen LogP contribution in [0.2, 0.25) is 0 Å². The second-order valence-corrected chi connectivity index (χ2v) is 6.17. The topological polar surface area (TPSA) is 26.0 Å². The normalized spacial score (nSPS) is 20.6. The first-order valence-corrected chi connectivity index (χ1v) is 7.50. The van der Waals surface area contributed by atoms with E-state index in [0.29, 0.717) is 0 Å². The summed E-state index contributed by atoms with van der Waals surface area (Å²) in [6.45, 7) is 3.20. The second kappa shape index (κ2) is 6.38. The Bertz CT molecular complexity index is 340. The van der Waals surface area contributed by atoms with Crippen molar-refractivity contribution >= 4 is 0 Å². The molecule has 0 spiro atoms. The summed E-state index contributed by atoms with van der Waals surface area (Å²) >= 11 is 0. The summed E-state index contributed by atoms with van der Waals surface area (Å²) in [6.07, 6.45) is 9.56. The van der Waals surface area contributed by atoms with Crippen LogP contribution in [0.5, 0.6) is 0 Å². The lowest BCUT2D eigenvalue weighted by Gasteiger charge is -2.35. The summed E-state index contributed by atoms with van der Waals surface area (Å²) in [4.78, 5) is 0. The minimum atomic E-state index is 0.276. The van der Waals surface area contributed by atoms with Gasteiger partial charge in [-0.25, -0.2) is 0 Å². The van der Waals surface area contributed by atoms with Gasteiger partial charge in [0.2, 0.25) is 0 Å². The van der Waals surface area contributed by atoms with Gasteiger partial charge < -0.3 is 5.73 Å². The standard InChI is InChI=1S/C17H27N/c1-17(12-13-18,16-10-6-3-7-11-16)14-15-8-4-2-5-9-15/h3,6-7,10-11,15H,2,4-5,8-9,12-14,18H2,1H3. The molecule has 0 heterocycles. The lowest BCUT2D eigenvalue weighted by Crippen LogP contribution is -2.29. The largest absolute Gasteiger partial charge is 0.330 e. The van der Waals surface area contributed by atoms with Crippen LogP contribution in [0, 0.1) is 5.92 Å². The van der Waals surface area contributed by atoms with Crippen LogP contribution in [0.1, 0.15) is 57.4 Å². The molecule has 1 aromatic carbocycles. The van der Waals surface area contributed by atoms with Crippen LogP contribution in [0.25, 0.3) is 0 Å². The van der Waals surface area contributed by atoms with Gasteiger partial charge in [0.05, 0.1) is 0 Å². The average Bonchev–Trinajstić information content (AvgIpc) is 2.41. The van der Waals surface area contributed by atoms with Gasteiger partial charge in [0.25, 0.3) is 0 Å². The maximum absolute atomic E-state index is 5.86. The van der Waals surface area contributed by atoms with Crippen molar-refractivity contribution < 1.29 is 0 Å². The molecule has 1 unspecified atom stereocenters. The van der Waals surface area contributed by atoms with Gasteiger partial charge in [-0.1, -0.05) is 69.4 Å². The van der Waals surface area contributed by atoms with E-state index in [1.165, 1.54) is 44.1 Å². The van der Waals surface area contributed by atoms with Gasteiger partial charge in [-0.05, 0) is 36.3 Å². The highest BCUT2D eigenvalue weighted by molar-refractivity contribution is 5.24. The first kappa shape index (κ1) is 13.6. The zero-order valence-corrected chi connectivity index (χ0v) is 11.7. The Balaban J connectivity index is 2.10. The van der Waals surface area contributed by atoms with E-state index < -0.39 is 0 Å². The van der Waals surface area contributed by atoms with E-state index in [1.807, 2.05) is 0 Å². The van der Waals surface area contributed by atoms with Crippen molar-refractivity contribution in [3.63, 3.8) is 0 Å². The van der Waals surface area contributed by atoms with E-state index in [4.69, 9.17) is 5.73 Å². The minimum Gasteiger partial charge on any atom is -0.330 e. The molecule has 1 atom stereocenters. The molecule has 0 amide bonds. The SMILES string of the molecule is CC(CCN)(CC1CCCCC1)c1ccccc1. The van der Waals surface area contributed by atoms with E-state index >= 15 is 0 Å². The molecule has 2 rings (SSSR count). The summed E-state index contributed by atoms with van der Waals surface area (Å²) in [5.41, 5.74) is 7.61. The second-order valence-electron chi connectivity index (χ2n) is 6.17. The number of hydrogen-bond acceptors (Lipinski definition) is 1. The van der Waals surface area contributed by atoms with Gasteiger partial charge in [-0.2, -0.15) is 0 Å². The Labute approximate surface area is 112 Å². The van der Waals surface area contributed by atoms with Gasteiger partial charge >= 0.3 is 0 Å². The molecular weight excluding hydrogens is 218 g/mol. The summed E-state index contributed by atoms with van der Waals surface area (Å²) < 4.78 is 0. The van der Waals surface area contributed by atoms with Crippen molar-refractivity contribution in [2.75, 3.05) is 6.54 Å². The van der Waals surface area contributed by atoms with Crippen molar-refractivity contribution in [2.24, 2.45) is 11.7 Å². The molecule has 0 aromatic heterocycles. The Morgan fingerprint density at radius 3 is 2.39 bits per heavy atom. The van der Waals surface area contributed by atoms with Gasteiger partial charge in [0.15, 0.2) is 0 Å². The van der Waals surface area contributed by atoms with Crippen molar-refractivity contribution in [2.45, 2.75) is 57.3 Å². The molecule has 1 fully saturated rings. The maximum Gasteiger partial charge on any atom is -0.00607 e. The molecule has 100 valence electrons. The molecule has 1 aromatic rings. The van der Waals surface area contributed by atoms with Gasteiger partial charge in [0.1, 0.15) is 0 Å². The molecule has 1 aliphatic carbocycles. The average molecular weight is 245 g/mol. The number of benzene rings is 1. The first-order chi connectivity index (χ1) is 8.74. The zero-order valence-electron chi connectivity index (χ0n) is 11.7. The molecule has 1 aliphatic rings. The first-order valence-electron chi connectivity index (χ1n) is 7.50. The fraction of sp³-hybridized carbons (Fsp3) is 0.647. The van der Waals surface area contributed by atoms with Gasteiger partial charge in [-0.15, -0.1) is 0 Å². The summed E-state index contributed by atoms with van der Waals surface area (Å²) in [5.74, 6) is 0.913. The highest BCUT2D eigenvalue weighted by Crippen LogP contribution is 2.38. The minimum absolute atomic E-state index is 0.276. The molecule has 0 aliphatic heterocycles. The summed E-state index contributed by atoms with van der Waals surface area (Å²) in [5, 5.41) is 0. The van der Waals surface area contributed by atoms with Crippen molar-refractivity contribution in [3.8, 4) is 0 Å². The predicted octanol–water partition coefficient (Wildman–Crippen LogP) is 4.26. The molecule has 2 N–H and O–H groups in total. The maximum atomic E-state index is 5.86. The van der Waals surface area contributed by atoms with Gasteiger partial charge in [-0.3, -0.25) is 0 Å². The molecule has 1 nitrogen and oxygen atoms in total. The van der Waals surface area contributed by atoms with E-state index in [0.717, 1.165) is 18.9 Å². The smallest absolute Gasteiger partial charge is 0.00607 e. The lowest BCUT2D eigenvalue weighted by atomic mass is 9.70. The third-order valence-electron chi connectivity index (χ3n) is 4.63. The van der Waals surface area contributed by atoms with E-state index in [9.17, 15) is 0 Å². The van der Waals surface area contributed by atoms with Crippen molar-refractivity contribution in [1.82, 2.24) is 0 Å². The van der Waals surface area contributed by atoms with Crippen LogP contribution < -0.4 is 5.73 Å². The third kappa shape index (κ3) is 3.35. The Morgan fingerprint density at radius 2 is 1.78 bits per heavy atom. The van der Waals surface area contributed by atoms with Crippen LogP contribution in [0.3, 0.4) is 0 Å². The van der Waals surface area contributed by atoms with Crippen LogP contribution in [-0.4, -0.2) is 6.54 Å². The molecule has 0 bridgehead atoms. The molecule has 0 radical (unpaired) electrons. The highest BCUT2D eigenvalue weighted by Gasteiger charge is 2.29. The number of hydrogen-bond donors (Lipinski definition) is 1. The lowest BCUT2D eigenvalue weighted by molar-refractivity contribution is 0.259. The molecule has 1 heteroatoms. The highest BCUT2D eigenvalue weighted by atomic mass is 14.5. The van der Waals surface area contributed by atoms with Crippen molar-refractivity contribution in [3.05, 3.63) is 35.9 Å². The van der Waals surface area contributed by atoms with Gasteiger partial charge in [0, 0.05) is 0 Å². The van der Waals surface area contributed by atoms with Crippen molar-refractivity contribution in [1.29, 1.82) is 0 Å². The molecular formula is C17H27N. The van der Waals surface area contributed by atoms with Crippen LogP contribution in [-0.2, 0) is 5.41 Å². The Morgan fingerprint density at radius 1 is 1.11 bits per heavy atom. The zero-order chi connectivity index (χ0) is 12.8. The monoisotopic (exact) mass is 245 g/mol. The summed E-state index contributed by atoms with van der Waals surface area (Å²) in [6, 6.07) is 11.0. The Hall–Kier alpha value is -0.820. The fourth-order valence-corrected chi connectivity index (χ4v) is 3.55. The van der Waals surface area contributed by atoms with Crippen LogP contribution in [0.15, 0.2) is 30.3 Å². The van der Waals surface area contributed by atoms with Crippen LogP contribution in [0.4, 0.5) is 0 Å². The quantitative estimate of drug-likeness (QED) is 0.824. The molecule has 1 saturated carbocycles. The molecule has 0 saturated heterocycles.